The normalized spacial score (nSPS) is 17.2. The standard InChI is InChI=1S/C22H23N3O/c1-3-6-17-14-25(20-8-5-4-7-19(17)20)18-11-9-16(10-12-18)22-15(2)13-21(26)23-24-22/h4-5,7-12,14-15H,3,6,13H2,1-2H3,(H,23,26). The van der Waals surface area contributed by atoms with E-state index < -0.39 is 0 Å². The first-order chi connectivity index (χ1) is 12.7. The van der Waals surface area contributed by atoms with Gasteiger partial charge in [-0.1, -0.05) is 50.6 Å². The molecule has 4 rings (SSSR count). The topological polar surface area (TPSA) is 46.4 Å². The molecule has 3 aromatic rings. The highest BCUT2D eigenvalue weighted by Crippen LogP contribution is 2.26. The van der Waals surface area contributed by atoms with Crippen LogP contribution in [0.25, 0.3) is 16.6 Å². The zero-order valence-electron chi connectivity index (χ0n) is 15.2. The first-order valence-corrected chi connectivity index (χ1v) is 9.23. The number of carbonyl (C=O) groups excluding carboxylic acids is 1. The van der Waals surface area contributed by atoms with Gasteiger partial charge in [0.15, 0.2) is 0 Å². The molecule has 4 heteroatoms. The highest BCUT2D eigenvalue weighted by atomic mass is 16.2. The molecule has 2 heterocycles. The van der Waals surface area contributed by atoms with E-state index in [-0.39, 0.29) is 11.8 Å². The van der Waals surface area contributed by atoms with Crippen molar-refractivity contribution in [2.24, 2.45) is 11.0 Å². The molecule has 0 radical (unpaired) electrons. The molecule has 1 aliphatic rings. The summed E-state index contributed by atoms with van der Waals surface area (Å²) in [6.07, 6.45) is 4.96. The largest absolute Gasteiger partial charge is 0.316 e. The highest BCUT2D eigenvalue weighted by Gasteiger charge is 2.21. The average Bonchev–Trinajstić information content (AvgIpc) is 3.01. The molecule has 1 amide bonds. The second-order valence-electron chi connectivity index (χ2n) is 6.98. The molecule has 4 nitrogen and oxygen atoms in total. The molecule has 1 N–H and O–H groups in total. The second-order valence-corrected chi connectivity index (χ2v) is 6.98. The molecule has 0 saturated heterocycles. The third-order valence-electron chi connectivity index (χ3n) is 5.01. The lowest BCUT2D eigenvalue weighted by atomic mass is 9.94. The van der Waals surface area contributed by atoms with Crippen LogP contribution in [0.4, 0.5) is 0 Å². The maximum atomic E-state index is 11.4. The van der Waals surface area contributed by atoms with Crippen molar-refractivity contribution >= 4 is 22.5 Å². The van der Waals surface area contributed by atoms with Gasteiger partial charge in [0, 0.05) is 29.6 Å². The molecule has 132 valence electrons. The smallest absolute Gasteiger partial charge is 0.240 e. The van der Waals surface area contributed by atoms with E-state index in [1.165, 1.54) is 16.5 Å². The molecule has 0 saturated carbocycles. The molecule has 0 aliphatic carbocycles. The highest BCUT2D eigenvalue weighted by molar-refractivity contribution is 6.05. The van der Waals surface area contributed by atoms with Crippen LogP contribution in [0.3, 0.4) is 0 Å². The summed E-state index contributed by atoms with van der Waals surface area (Å²) < 4.78 is 2.26. The Morgan fingerprint density at radius 1 is 1.15 bits per heavy atom. The third kappa shape index (κ3) is 2.92. The Morgan fingerprint density at radius 2 is 1.92 bits per heavy atom. The van der Waals surface area contributed by atoms with Gasteiger partial charge < -0.3 is 4.57 Å². The number of nitrogens with one attached hydrogen (secondary N) is 1. The molecule has 26 heavy (non-hydrogen) atoms. The van der Waals surface area contributed by atoms with Gasteiger partial charge >= 0.3 is 0 Å². The van der Waals surface area contributed by atoms with Crippen LogP contribution in [0.1, 0.15) is 37.8 Å². The summed E-state index contributed by atoms with van der Waals surface area (Å²) in [4.78, 5) is 11.4. The number of nitrogens with zero attached hydrogens (tertiary/aromatic N) is 2. The number of fused-ring (bicyclic) bond motifs is 1. The number of hydrazone groups is 1. The lowest BCUT2D eigenvalue weighted by molar-refractivity contribution is -0.121. The molecule has 0 fully saturated rings. The summed E-state index contributed by atoms with van der Waals surface area (Å²) in [5.74, 6) is 0.123. The quantitative estimate of drug-likeness (QED) is 0.746. The fourth-order valence-corrected chi connectivity index (χ4v) is 3.73. The van der Waals surface area contributed by atoms with Gasteiger partial charge in [0.2, 0.25) is 5.91 Å². The average molecular weight is 345 g/mol. The zero-order chi connectivity index (χ0) is 18.1. The van der Waals surface area contributed by atoms with Crippen molar-refractivity contribution in [3.05, 3.63) is 65.9 Å². The van der Waals surface area contributed by atoms with Gasteiger partial charge in [-0.25, -0.2) is 5.43 Å². The van der Waals surface area contributed by atoms with Crippen LogP contribution in [-0.4, -0.2) is 16.2 Å². The van der Waals surface area contributed by atoms with Crippen molar-refractivity contribution in [1.82, 2.24) is 9.99 Å². The van der Waals surface area contributed by atoms with Gasteiger partial charge in [-0.15, -0.1) is 0 Å². The van der Waals surface area contributed by atoms with Crippen LogP contribution >= 0.6 is 0 Å². The molecule has 1 aliphatic heterocycles. The molecular weight excluding hydrogens is 322 g/mol. The first kappa shape index (κ1) is 16.6. The number of hydrogen-bond donors (Lipinski definition) is 1. The Morgan fingerprint density at radius 3 is 2.65 bits per heavy atom. The van der Waals surface area contributed by atoms with Crippen LogP contribution in [0.5, 0.6) is 0 Å². The molecule has 1 unspecified atom stereocenters. The molecule has 0 bridgehead atoms. The Kier molecular flexibility index (Phi) is 4.33. The van der Waals surface area contributed by atoms with Crippen molar-refractivity contribution in [2.75, 3.05) is 0 Å². The minimum Gasteiger partial charge on any atom is -0.316 e. The van der Waals surface area contributed by atoms with E-state index >= 15 is 0 Å². The van der Waals surface area contributed by atoms with E-state index in [0.717, 1.165) is 29.8 Å². The maximum absolute atomic E-state index is 11.4. The first-order valence-electron chi connectivity index (χ1n) is 9.23. The summed E-state index contributed by atoms with van der Waals surface area (Å²) >= 11 is 0. The molecule has 0 spiro atoms. The number of rotatable bonds is 4. The van der Waals surface area contributed by atoms with Crippen molar-refractivity contribution in [1.29, 1.82) is 0 Å². The number of carbonyl (C=O) groups is 1. The van der Waals surface area contributed by atoms with Crippen LogP contribution in [0.2, 0.25) is 0 Å². The third-order valence-corrected chi connectivity index (χ3v) is 5.01. The van der Waals surface area contributed by atoms with Gasteiger partial charge in [-0.3, -0.25) is 4.79 Å². The monoisotopic (exact) mass is 345 g/mol. The summed E-state index contributed by atoms with van der Waals surface area (Å²) in [7, 11) is 0. The van der Waals surface area contributed by atoms with Gasteiger partial charge in [0.1, 0.15) is 0 Å². The van der Waals surface area contributed by atoms with Crippen LogP contribution in [0.15, 0.2) is 59.8 Å². The fourth-order valence-electron chi connectivity index (χ4n) is 3.73. The maximum Gasteiger partial charge on any atom is 0.240 e. The summed E-state index contributed by atoms with van der Waals surface area (Å²) in [5, 5.41) is 5.58. The predicted octanol–water partition coefficient (Wildman–Crippen LogP) is 4.44. The van der Waals surface area contributed by atoms with Crippen LogP contribution < -0.4 is 5.43 Å². The van der Waals surface area contributed by atoms with Crippen molar-refractivity contribution in [3.8, 4) is 5.69 Å². The van der Waals surface area contributed by atoms with E-state index in [1.54, 1.807) is 0 Å². The fraction of sp³-hybridized carbons (Fsp3) is 0.273. The molecular formula is C22H23N3O. The molecule has 1 aromatic heterocycles. The van der Waals surface area contributed by atoms with Gasteiger partial charge in [-0.2, -0.15) is 5.10 Å². The summed E-state index contributed by atoms with van der Waals surface area (Å²) in [6, 6.07) is 17.0. The summed E-state index contributed by atoms with van der Waals surface area (Å²) in [6.45, 7) is 4.26. The SMILES string of the molecule is CCCc1cn(-c2ccc(C3=NNC(=O)CC3C)cc2)c2ccccc12. The minimum absolute atomic E-state index is 0.0138. The van der Waals surface area contributed by atoms with E-state index in [2.05, 4.69) is 76.7 Å². The Balaban J connectivity index is 1.72. The Hall–Kier alpha value is -2.88. The Labute approximate surface area is 153 Å². The van der Waals surface area contributed by atoms with E-state index in [0.29, 0.717) is 6.42 Å². The Bertz CT molecular complexity index is 982. The minimum atomic E-state index is -0.0138. The number of aromatic nitrogens is 1. The number of benzene rings is 2. The lowest BCUT2D eigenvalue weighted by Crippen LogP contribution is -2.31. The predicted molar refractivity (Wildman–Crippen MR) is 106 cm³/mol. The lowest BCUT2D eigenvalue weighted by Gasteiger charge is -2.19. The van der Waals surface area contributed by atoms with Crippen LogP contribution in [-0.2, 0) is 11.2 Å². The number of aryl methyl sites for hydroxylation is 1. The van der Waals surface area contributed by atoms with Crippen molar-refractivity contribution < 1.29 is 4.79 Å². The van der Waals surface area contributed by atoms with Crippen LogP contribution in [0, 0.1) is 5.92 Å². The van der Waals surface area contributed by atoms with Crippen molar-refractivity contribution in [3.63, 3.8) is 0 Å². The number of para-hydroxylation sites is 1. The zero-order valence-corrected chi connectivity index (χ0v) is 15.2. The van der Waals surface area contributed by atoms with E-state index in [9.17, 15) is 4.79 Å². The molecule has 2 aromatic carbocycles. The van der Waals surface area contributed by atoms with Gasteiger partial charge in [0.25, 0.3) is 0 Å². The number of hydrogen-bond acceptors (Lipinski definition) is 2. The number of amides is 1. The van der Waals surface area contributed by atoms with E-state index in [4.69, 9.17) is 0 Å². The van der Waals surface area contributed by atoms with Gasteiger partial charge in [0.05, 0.1) is 11.2 Å². The second kappa shape index (κ2) is 6.79. The van der Waals surface area contributed by atoms with Crippen molar-refractivity contribution in [2.45, 2.75) is 33.1 Å². The van der Waals surface area contributed by atoms with E-state index in [1.807, 2.05) is 6.92 Å². The summed E-state index contributed by atoms with van der Waals surface area (Å²) in [5.41, 5.74) is 8.36. The molecule has 1 atom stereocenters. The van der Waals surface area contributed by atoms with Gasteiger partial charge in [-0.05, 0) is 35.7 Å².